The second-order valence-corrected chi connectivity index (χ2v) is 4.97. The fourth-order valence-corrected chi connectivity index (χ4v) is 2.76. The van der Waals surface area contributed by atoms with Crippen molar-refractivity contribution in [3.05, 3.63) is 23.0 Å². The summed E-state index contributed by atoms with van der Waals surface area (Å²) in [6, 6.07) is 1.99. The molecule has 0 aliphatic rings. The third kappa shape index (κ3) is 4.02. The number of amidine groups is 1. The van der Waals surface area contributed by atoms with Gasteiger partial charge in [-0.05, 0) is 26.3 Å². The number of aromatic nitrogens is 1. The highest BCUT2D eigenvalue weighted by atomic mass is 32.2. The van der Waals surface area contributed by atoms with Gasteiger partial charge in [0.25, 0.3) is 0 Å². The Kier molecular flexibility index (Phi) is 5.44. The van der Waals surface area contributed by atoms with Crippen molar-refractivity contribution in [1.82, 2.24) is 4.98 Å². The molecule has 5 heteroatoms. The maximum Gasteiger partial charge on any atom is 0.125 e. The molecule has 1 aromatic rings. The Hall–Kier alpha value is -1.07. The largest absolute Gasteiger partial charge is 0.385 e. The topological polar surface area (TPSA) is 72.0 Å². The van der Waals surface area contributed by atoms with Crippen molar-refractivity contribution in [2.24, 2.45) is 5.73 Å². The number of thioether (sulfide) groups is 1. The number of hydrogen-bond acceptors (Lipinski definition) is 4. The molecule has 94 valence electrons. The monoisotopic (exact) mass is 253 g/mol. The SMILES string of the molecule is COCCCSc1cc(C)nc(C)c1C(=N)N. The molecule has 1 heterocycles. The van der Waals surface area contributed by atoms with E-state index in [0.717, 1.165) is 40.6 Å². The number of nitrogens with one attached hydrogen (secondary N) is 1. The molecule has 0 aliphatic carbocycles. The van der Waals surface area contributed by atoms with Crippen LogP contribution < -0.4 is 5.73 Å². The molecule has 0 amide bonds. The van der Waals surface area contributed by atoms with Gasteiger partial charge in [-0.1, -0.05) is 0 Å². The van der Waals surface area contributed by atoms with Crippen LogP contribution in [0.15, 0.2) is 11.0 Å². The lowest BCUT2D eigenvalue weighted by Gasteiger charge is -2.11. The summed E-state index contributed by atoms with van der Waals surface area (Å²) in [4.78, 5) is 5.38. The van der Waals surface area contributed by atoms with Gasteiger partial charge in [0, 0.05) is 35.8 Å². The van der Waals surface area contributed by atoms with Crippen LogP contribution in [0.4, 0.5) is 0 Å². The van der Waals surface area contributed by atoms with E-state index in [1.807, 2.05) is 19.9 Å². The van der Waals surface area contributed by atoms with Crippen molar-refractivity contribution >= 4 is 17.6 Å². The van der Waals surface area contributed by atoms with Crippen LogP contribution in [0.1, 0.15) is 23.4 Å². The smallest absolute Gasteiger partial charge is 0.125 e. The lowest BCUT2D eigenvalue weighted by molar-refractivity contribution is 0.200. The molecule has 0 saturated carbocycles. The summed E-state index contributed by atoms with van der Waals surface area (Å²) in [5, 5.41) is 7.60. The van der Waals surface area contributed by atoms with E-state index in [-0.39, 0.29) is 5.84 Å². The molecule has 0 bridgehead atoms. The molecule has 0 unspecified atom stereocenters. The van der Waals surface area contributed by atoms with Crippen LogP contribution in [0.5, 0.6) is 0 Å². The molecule has 17 heavy (non-hydrogen) atoms. The van der Waals surface area contributed by atoms with Gasteiger partial charge in [0.05, 0.1) is 5.56 Å². The van der Waals surface area contributed by atoms with Gasteiger partial charge in [-0.2, -0.15) is 0 Å². The van der Waals surface area contributed by atoms with Gasteiger partial charge in [-0.15, -0.1) is 11.8 Å². The maximum absolute atomic E-state index is 7.60. The van der Waals surface area contributed by atoms with Crippen molar-refractivity contribution < 1.29 is 4.74 Å². The van der Waals surface area contributed by atoms with Crippen molar-refractivity contribution in [1.29, 1.82) is 5.41 Å². The summed E-state index contributed by atoms with van der Waals surface area (Å²) in [5.41, 5.74) is 8.15. The minimum absolute atomic E-state index is 0.0873. The Morgan fingerprint density at radius 1 is 1.53 bits per heavy atom. The summed E-state index contributed by atoms with van der Waals surface area (Å²) in [6.45, 7) is 4.60. The Morgan fingerprint density at radius 2 is 2.24 bits per heavy atom. The highest BCUT2D eigenvalue weighted by Crippen LogP contribution is 2.25. The van der Waals surface area contributed by atoms with E-state index in [2.05, 4.69) is 4.98 Å². The second-order valence-electron chi connectivity index (χ2n) is 3.83. The van der Waals surface area contributed by atoms with Gasteiger partial charge in [0.2, 0.25) is 0 Å². The fraction of sp³-hybridized carbons (Fsp3) is 0.500. The number of nitrogen functional groups attached to an aromatic ring is 1. The third-order valence-corrected chi connectivity index (χ3v) is 3.44. The van der Waals surface area contributed by atoms with E-state index in [1.165, 1.54) is 0 Å². The van der Waals surface area contributed by atoms with Crippen molar-refractivity contribution in [3.63, 3.8) is 0 Å². The minimum Gasteiger partial charge on any atom is -0.385 e. The number of rotatable bonds is 6. The van der Waals surface area contributed by atoms with Gasteiger partial charge >= 0.3 is 0 Å². The molecule has 0 atom stereocenters. The first-order chi connectivity index (χ1) is 8.06. The van der Waals surface area contributed by atoms with Crippen molar-refractivity contribution in [2.45, 2.75) is 25.2 Å². The van der Waals surface area contributed by atoms with E-state index in [4.69, 9.17) is 15.9 Å². The highest BCUT2D eigenvalue weighted by Gasteiger charge is 2.11. The molecule has 1 aromatic heterocycles. The van der Waals surface area contributed by atoms with Gasteiger partial charge in [0.15, 0.2) is 0 Å². The van der Waals surface area contributed by atoms with Crippen LogP contribution in [0.25, 0.3) is 0 Å². The van der Waals surface area contributed by atoms with Gasteiger partial charge in [-0.25, -0.2) is 0 Å². The average molecular weight is 253 g/mol. The van der Waals surface area contributed by atoms with Crippen LogP contribution in [-0.4, -0.2) is 30.3 Å². The number of nitrogens with zero attached hydrogens (tertiary/aromatic N) is 1. The van der Waals surface area contributed by atoms with Crippen LogP contribution in [0.3, 0.4) is 0 Å². The quantitative estimate of drug-likeness (QED) is 0.352. The molecule has 0 fully saturated rings. The van der Waals surface area contributed by atoms with Crippen LogP contribution in [-0.2, 0) is 4.74 Å². The Labute approximate surface area is 106 Å². The van der Waals surface area contributed by atoms with Crippen LogP contribution in [0, 0.1) is 19.3 Å². The Bertz CT molecular complexity index is 407. The lowest BCUT2D eigenvalue weighted by atomic mass is 10.1. The molecule has 0 saturated heterocycles. The zero-order valence-electron chi connectivity index (χ0n) is 10.5. The number of methoxy groups -OCH3 is 1. The normalized spacial score (nSPS) is 10.5. The van der Waals surface area contributed by atoms with E-state index >= 15 is 0 Å². The molecule has 0 radical (unpaired) electrons. The fourth-order valence-electron chi connectivity index (χ4n) is 1.62. The standard InChI is InChI=1S/C12H19N3OS/c1-8-7-10(17-6-4-5-16-3)11(12(13)14)9(2)15-8/h7H,4-6H2,1-3H3,(H3,13,14). The first-order valence-corrected chi connectivity index (χ1v) is 6.49. The van der Waals surface area contributed by atoms with Gasteiger partial charge in [0.1, 0.15) is 5.84 Å². The molecule has 1 rings (SSSR count). The minimum atomic E-state index is 0.0873. The first kappa shape index (κ1) is 14.0. The van der Waals surface area contributed by atoms with E-state index in [0.29, 0.717) is 0 Å². The highest BCUT2D eigenvalue weighted by molar-refractivity contribution is 7.99. The van der Waals surface area contributed by atoms with Crippen molar-refractivity contribution in [2.75, 3.05) is 19.5 Å². The molecule has 4 nitrogen and oxygen atoms in total. The van der Waals surface area contributed by atoms with Crippen molar-refractivity contribution in [3.8, 4) is 0 Å². The predicted octanol–water partition coefficient (Wildman–Crippen LogP) is 2.11. The molecular formula is C12H19N3OS. The first-order valence-electron chi connectivity index (χ1n) is 5.50. The zero-order chi connectivity index (χ0) is 12.8. The maximum atomic E-state index is 7.60. The van der Waals surface area contributed by atoms with Crippen LogP contribution in [0.2, 0.25) is 0 Å². The summed E-state index contributed by atoms with van der Waals surface area (Å²) < 4.78 is 5.01. The summed E-state index contributed by atoms with van der Waals surface area (Å²) in [5.74, 6) is 1.04. The molecule has 3 N–H and O–H groups in total. The summed E-state index contributed by atoms with van der Waals surface area (Å²) >= 11 is 1.70. The molecular weight excluding hydrogens is 234 g/mol. The predicted molar refractivity (Wildman–Crippen MR) is 71.9 cm³/mol. The number of ether oxygens (including phenoxy) is 1. The number of aryl methyl sites for hydroxylation is 2. The molecule has 0 aromatic carbocycles. The number of hydrogen-bond donors (Lipinski definition) is 2. The van der Waals surface area contributed by atoms with E-state index in [1.54, 1.807) is 18.9 Å². The third-order valence-electron chi connectivity index (χ3n) is 2.31. The summed E-state index contributed by atoms with van der Waals surface area (Å²) in [6.07, 6.45) is 0.985. The Balaban J connectivity index is 2.85. The summed E-state index contributed by atoms with van der Waals surface area (Å²) in [7, 11) is 1.70. The second kappa shape index (κ2) is 6.61. The molecule has 0 spiro atoms. The Morgan fingerprint density at radius 3 is 2.82 bits per heavy atom. The van der Waals surface area contributed by atoms with Crippen LogP contribution >= 0.6 is 11.8 Å². The van der Waals surface area contributed by atoms with E-state index < -0.39 is 0 Å². The van der Waals surface area contributed by atoms with Gasteiger partial charge < -0.3 is 10.5 Å². The zero-order valence-corrected chi connectivity index (χ0v) is 11.4. The average Bonchev–Trinajstić information content (AvgIpc) is 2.22. The molecule has 0 aliphatic heterocycles. The lowest BCUT2D eigenvalue weighted by Crippen LogP contribution is -2.15. The number of pyridine rings is 1. The van der Waals surface area contributed by atoms with Gasteiger partial charge in [-0.3, -0.25) is 10.4 Å². The number of nitrogens with two attached hydrogens (primary N) is 1. The van der Waals surface area contributed by atoms with E-state index in [9.17, 15) is 0 Å².